The standard InChI is InChI=1S/C19H20FN5O2/c1-12-4-3-9-27-16-8-7-13(20)10-14(16)19(26)23-17-6-2-5-15(22-17)18-24-21-11-25(12)18/h2,5-8,10-12,19,26H,3-4,9H2,1H3,(H,22,23). The second-order valence-electron chi connectivity index (χ2n) is 6.54. The van der Waals surface area contributed by atoms with Gasteiger partial charge in [-0.3, -0.25) is 0 Å². The highest BCUT2D eigenvalue weighted by Gasteiger charge is 2.19. The van der Waals surface area contributed by atoms with Gasteiger partial charge in [0.25, 0.3) is 0 Å². The third-order valence-electron chi connectivity index (χ3n) is 4.60. The van der Waals surface area contributed by atoms with Gasteiger partial charge >= 0.3 is 0 Å². The normalized spacial score (nSPS) is 19.8. The number of aliphatic hydroxyl groups excluding tert-OH is 1. The number of rotatable bonds is 0. The summed E-state index contributed by atoms with van der Waals surface area (Å²) >= 11 is 0. The third-order valence-corrected chi connectivity index (χ3v) is 4.60. The monoisotopic (exact) mass is 369 g/mol. The van der Waals surface area contributed by atoms with Gasteiger partial charge in [-0.1, -0.05) is 6.07 Å². The SMILES string of the molecule is CC1CCCOc2ccc(F)cc2C(O)Nc2cccc(n2)-c2nncn21. The van der Waals surface area contributed by atoms with Crippen molar-refractivity contribution in [2.45, 2.75) is 32.0 Å². The quantitative estimate of drug-likeness (QED) is 0.632. The summed E-state index contributed by atoms with van der Waals surface area (Å²) in [7, 11) is 0. The lowest BCUT2D eigenvalue weighted by Gasteiger charge is -2.20. The molecule has 2 aromatic heterocycles. The molecule has 1 aliphatic rings. The Morgan fingerprint density at radius 2 is 2.19 bits per heavy atom. The first-order chi connectivity index (χ1) is 13.1. The fraction of sp³-hybridized carbons (Fsp3) is 0.316. The van der Waals surface area contributed by atoms with Crippen molar-refractivity contribution >= 4 is 5.82 Å². The van der Waals surface area contributed by atoms with Crippen LogP contribution in [0.25, 0.3) is 11.5 Å². The van der Waals surface area contributed by atoms with E-state index in [9.17, 15) is 9.50 Å². The molecule has 140 valence electrons. The zero-order chi connectivity index (χ0) is 18.8. The van der Waals surface area contributed by atoms with Crippen molar-refractivity contribution in [2.24, 2.45) is 0 Å². The summed E-state index contributed by atoms with van der Waals surface area (Å²) in [6, 6.07) is 9.67. The highest BCUT2D eigenvalue weighted by atomic mass is 19.1. The number of aromatic nitrogens is 4. The molecule has 0 spiro atoms. The van der Waals surface area contributed by atoms with E-state index in [1.165, 1.54) is 18.2 Å². The fourth-order valence-corrected chi connectivity index (χ4v) is 3.17. The van der Waals surface area contributed by atoms with Crippen molar-refractivity contribution in [3.8, 4) is 17.3 Å². The van der Waals surface area contributed by atoms with E-state index in [0.717, 1.165) is 12.8 Å². The molecule has 8 heteroatoms. The summed E-state index contributed by atoms with van der Waals surface area (Å²) in [4.78, 5) is 4.52. The number of anilines is 1. The average Bonchev–Trinajstić information content (AvgIpc) is 3.15. The summed E-state index contributed by atoms with van der Waals surface area (Å²) in [5.74, 6) is 1.10. The molecule has 2 atom stereocenters. The minimum atomic E-state index is -1.17. The molecule has 0 radical (unpaired) electrons. The summed E-state index contributed by atoms with van der Waals surface area (Å²) in [5.41, 5.74) is 0.972. The number of fused-ring (bicyclic) bond motifs is 5. The largest absolute Gasteiger partial charge is 0.493 e. The zero-order valence-corrected chi connectivity index (χ0v) is 14.8. The Kier molecular flexibility index (Phi) is 4.72. The summed E-state index contributed by atoms with van der Waals surface area (Å²) in [6.45, 7) is 2.55. The molecule has 3 heterocycles. The first-order valence-corrected chi connectivity index (χ1v) is 8.85. The van der Waals surface area contributed by atoms with Gasteiger partial charge in [0, 0.05) is 11.6 Å². The van der Waals surface area contributed by atoms with Gasteiger partial charge in [0.15, 0.2) is 12.1 Å². The minimum Gasteiger partial charge on any atom is -0.493 e. The number of hydrogen-bond donors (Lipinski definition) is 2. The van der Waals surface area contributed by atoms with Gasteiger partial charge in [0.1, 0.15) is 29.4 Å². The minimum absolute atomic E-state index is 0.165. The lowest BCUT2D eigenvalue weighted by Crippen LogP contribution is -2.15. The maximum Gasteiger partial charge on any atom is 0.182 e. The van der Waals surface area contributed by atoms with Crippen LogP contribution in [0.3, 0.4) is 0 Å². The van der Waals surface area contributed by atoms with E-state index in [2.05, 4.69) is 27.4 Å². The second-order valence-corrected chi connectivity index (χ2v) is 6.54. The molecule has 0 aliphatic carbocycles. The number of benzene rings is 1. The molecule has 2 unspecified atom stereocenters. The van der Waals surface area contributed by atoms with E-state index in [4.69, 9.17) is 4.74 Å². The van der Waals surface area contributed by atoms with Crippen molar-refractivity contribution in [1.82, 2.24) is 19.7 Å². The van der Waals surface area contributed by atoms with Gasteiger partial charge < -0.3 is 19.7 Å². The number of nitrogens with zero attached hydrogens (tertiary/aromatic N) is 4. The number of nitrogens with one attached hydrogen (secondary N) is 1. The van der Waals surface area contributed by atoms with E-state index < -0.39 is 12.0 Å². The lowest BCUT2D eigenvalue weighted by atomic mass is 10.1. The van der Waals surface area contributed by atoms with Gasteiger partial charge in [-0.25, -0.2) is 9.37 Å². The van der Waals surface area contributed by atoms with Crippen LogP contribution in [0, 0.1) is 5.82 Å². The van der Waals surface area contributed by atoms with Crippen LogP contribution in [-0.2, 0) is 0 Å². The van der Waals surface area contributed by atoms with Crippen molar-refractivity contribution in [1.29, 1.82) is 0 Å². The highest BCUT2D eigenvalue weighted by Crippen LogP contribution is 2.29. The van der Waals surface area contributed by atoms with Crippen LogP contribution in [-0.4, -0.2) is 31.5 Å². The summed E-state index contributed by atoms with van der Waals surface area (Å²) < 4.78 is 21.5. The molecule has 0 saturated carbocycles. The molecule has 3 aromatic rings. The first kappa shape index (κ1) is 17.4. The van der Waals surface area contributed by atoms with Gasteiger partial charge in [-0.2, -0.15) is 0 Å². The maximum atomic E-state index is 13.7. The van der Waals surface area contributed by atoms with Gasteiger partial charge in [-0.15, -0.1) is 10.2 Å². The molecule has 2 bridgehead atoms. The number of ether oxygens (including phenoxy) is 1. The van der Waals surface area contributed by atoms with Gasteiger partial charge in [0.05, 0.1) is 6.61 Å². The fourth-order valence-electron chi connectivity index (χ4n) is 3.17. The second kappa shape index (κ2) is 7.32. The Labute approximate surface area is 155 Å². The Balaban J connectivity index is 1.76. The Morgan fingerprint density at radius 1 is 1.30 bits per heavy atom. The van der Waals surface area contributed by atoms with E-state index in [1.54, 1.807) is 12.4 Å². The van der Waals surface area contributed by atoms with E-state index in [1.807, 2.05) is 16.7 Å². The zero-order valence-electron chi connectivity index (χ0n) is 14.8. The number of aliphatic hydroxyl groups is 1. The molecular formula is C19H20FN5O2. The van der Waals surface area contributed by atoms with Gasteiger partial charge in [0.2, 0.25) is 0 Å². The molecule has 2 N–H and O–H groups in total. The van der Waals surface area contributed by atoms with E-state index in [0.29, 0.717) is 35.3 Å². The van der Waals surface area contributed by atoms with Crippen LogP contribution in [0.15, 0.2) is 42.7 Å². The molecule has 0 fully saturated rings. The molecule has 27 heavy (non-hydrogen) atoms. The molecule has 0 saturated heterocycles. The number of pyridine rings is 1. The predicted molar refractivity (Wildman–Crippen MR) is 97.7 cm³/mol. The summed E-state index contributed by atoms with van der Waals surface area (Å²) in [6.07, 6.45) is 2.16. The van der Waals surface area contributed by atoms with Crippen LogP contribution in [0.5, 0.6) is 5.75 Å². The van der Waals surface area contributed by atoms with E-state index in [-0.39, 0.29) is 6.04 Å². The van der Waals surface area contributed by atoms with Crippen LogP contribution >= 0.6 is 0 Å². The average molecular weight is 369 g/mol. The first-order valence-electron chi connectivity index (χ1n) is 8.85. The van der Waals surface area contributed by atoms with Crippen LogP contribution in [0.4, 0.5) is 10.2 Å². The van der Waals surface area contributed by atoms with Crippen molar-refractivity contribution in [3.63, 3.8) is 0 Å². The highest BCUT2D eigenvalue weighted by molar-refractivity contribution is 5.54. The molecule has 4 rings (SSSR count). The predicted octanol–water partition coefficient (Wildman–Crippen LogP) is 3.32. The Morgan fingerprint density at radius 3 is 3.07 bits per heavy atom. The Hall–Kier alpha value is -3.00. The number of halogens is 1. The number of hydrogen-bond acceptors (Lipinski definition) is 6. The summed E-state index contributed by atoms with van der Waals surface area (Å²) in [5, 5.41) is 21.7. The topological polar surface area (TPSA) is 85.1 Å². The lowest BCUT2D eigenvalue weighted by molar-refractivity contribution is 0.197. The van der Waals surface area contributed by atoms with E-state index >= 15 is 0 Å². The van der Waals surface area contributed by atoms with Crippen LogP contribution in [0.1, 0.15) is 37.6 Å². The third kappa shape index (κ3) is 3.61. The van der Waals surface area contributed by atoms with Crippen LogP contribution < -0.4 is 10.1 Å². The van der Waals surface area contributed by atoms with Crippen molar-refractivity contribution in [2.75, 3.05) is 11.9 Å². The smallest absolute Gasteiger partial charge is 0.182 e. The molecule has 7 nitrogen and oxygen atoms in total. The molecule has 0 amide bonds. The molecule has 1 aromatic carbocycles. The van der Waals surface area contributed by atoms with Crippen LogP contribution in [0.2, 0.25) is 0 Å². The van der Waals surface area contributed by atoms with Crippen molar-refractivity contribution < 1.29 is 14.2 Å². The Bertz CT molecular complexity index is 945. The van der Waals surface area contributed by atoms with Crippen molar-refractivity contribution in [3.05, 3.63) is 54.1 Å². The molecule has 1 aliphatic heterocycles. The molecular weight excluding hydrogens is 349 g/mol. The maximum absolute atomic E-state index is 13.7. The van der Waals surface area contributed by atoms with Gasteiger partial charge in [-0.05, 0) is 50.1 Å².